The Balaban J connectivity index is 0.00000392. The van der Waals surface area contributed by atoms with E-state index in [2.05, 4.69) is 41.6 Å². The number of aliphatic imine (C=N–C) groups is 1. The average Bonchev–Trinajstić information content (AvgIpc) is 3.09. The van der Waals surface area contributed by atoms with Gasteiger partial charge in [0, 0.05) is 26.2 Å². The number of nitrogens with one attached hydrogen (secondary N) is 2. The third-order valence-corrected chi connectivity index (χ3v) is 4.80. The Hall–Kier alpha value is -1.22. The molecule has 0 aromatic heterocycles. The molecular weight excluding hydrogens is 467 g/mol. The average molecular weight is 504 g/mol. The molecule has 160 valence electrons. The summed E-state index contributed by atoms with van der Waals surface area (Å²) in [5, 5.41) is 6.80. The van der Waals surface area contributed by atoms with Gasteiger partial charge in [0.15, 0.2) is 17.5 Å². The van der Waals surface area contributed by atoms with E-state index in [1.54, 1.807) is 7.11 Å². The Kier molecular flexibility index (Phi) is 12.3. The molecule has 0 amide bonds. The highest BCUT2D eigenvalue weighted by atomic mass is 127. The van der Waals surface area contributed by atoms with Crippen LogP contribution in [0, 0.1) is 5.92 Å². The molecule has 0 aliphatic carbocycles. The van der Waals surface area contributed by atoms with Crippen LogP contribution in [0.25, 0.3) is 0 Å². The van der Waals surface area contributed by atoms with Gasteiger partial charge in [-0.05, 0) is 70.3 Å². The molecule has 0 spiro atoms. The number of likely N-dealkylation sites (tertiary alicyclic amines) is 1. The maximum atomic E-state index is 5.66. The molecular formula is C21H37IN4O2. The van der Waals surface area contributed by atoms with Crippen molar-refractivity contribution in [3.05, 3.63) is 23.8 Å². The number of hydrogen-bond acceptors (Lipinski definition) is 4. The lowest BCUT2D eigenvalue weighted by Gasteiger charge is -2.14. The predicted octanol–water partition coefficient (Wildman–Crippen LogP) is 3.15. The summed E-state index contributed by atoms with van der Waals surface area (Å²) in [4.78, 5) is 7.15. The van der Waals surface area contributed by atoms with Crippen LogP contribution in [0.2, 0.25) is 0 Å². The van der Waals surface area contributed by atoms with Gasteiger partial charge in [0.1, 0.15) is 0 Å². The minimum absolute atomic E-state index is 0. The van der Waals surface area contributed by atoms with Crippen molar-refractivity contribution in [2.24, 2.45) is 10.9 Å². The number of hydrogen-bond donors (Lipinski definition) is 2. The first-order valence-corrected chi connectivity index (χ1v) is 10.2. The zero-order chi connectivity index (χ0) is 19.5. The van der Waals surface area contributed by atoms with Gasteiger partial charge in [0.05, 0.1) is 13.7 Å². The second-order valence-corrected chi connectivity index (χ2v) is 7.09. The maximum Gasteiger partial charge on any atom is 0.191 e. The smallest absolute Gasteiger partial charge is 0.191 e. The summed E-state index contributed by atoms with van der Waals surface area (Å²) >= 11 is 0. The van der Waals surface area contributed by atoms with E-state index in [1.165, 1.54) is 18.5 Å². The second kappa shape index (κ2) is 13.9. The molecule has 1 aliphatic rings. The summed E-state index contributed by atoms with van der Waals surface area (Å²) in [5.74, 6) is 3.22. The number of halogens is 1. The summed E-state index contributed by atoms with van der Waals surface area (Å²) in [6, 6.07) is 6.17. The second-order valence-electron chi connectivity index (χ2n) is 7.09. The van der Waals surface area contributed by atoms with Crippen molar-refractivity contribution in [3.63, 3.8) is 0 Å². The minimum Gasteiger partial charge on any atom is -0.493 e. The van der Waals surface area contributed by atoms with Gasteiger partial charge < -0.3 is 25.0 Å². The Morgan fingerprint density at radius 3 is 2.71 bits per heavy atom. The van der Waals surface area contributed by atoms with Crippen molar-refractivity contribution in [1.82, 2.24) is 15.5 Å². The fraction of sp³-hybridized carbons (Fsp3) is 0.667. The summed E-state index contributed by atoms with van der Waals surface area (Å²) in [7, 11) is 3.86. The molecule has 1 aromatic carbocycles. The first-order chi connectivity index (χ1) is 13.2. The minimum atomic E-state index is 0. The molecule has 6 nitrogen and oxygen atoms in total. The molecule has 1 saturated heterocycles. The summed E-state index contributed by atoms with van der Waals surface area (Å²) in [6.45, 7) is 9.75. The van der Waals surface area contributed by atoms with Crippen molar-refractivity contribution in [1.29, 1.82) is 0 Å². The Bertz CT molecular complexity index is 598. The molecule has 1 aromatic rings. The monoisotopic (exact) mass is 504 g/mol. The summed E-state index contributed by atoms with van der Waals surface area (Å²) in [6.07, 6.45) is 3.28. The lowest BCUT2D eigenvalue weighted by Crippen LogP contribution is -2.38. The molecule has 1 aliphatic heterocycles. The fourth-order valence-electron chi connectivity index (χ4n) is 3.38. The Morgan fingerprint density at radius 1 is 1.25 bits per heavy atom. The van der Waals surface area contributed by atoms with Crippen LogP contribution in [0.1, 0.15) is 32.3 Å². The van der Waals surface area contributed by atoms with Crippen LogP contribution < -0.4 is 20.1 Å². The largest absolute Gasteiger partial charge is 0.493 e. The number of nitrogens with zero attached hydrogens (tertiary/aromatic N) is 2. The standard InChI is InChI=1S/C21H36N4O2.HI/c1-5-22-21(24-15-18-11-13-25(3)16-18)23-12-7-8-17-9-10-19(26-4)20(14-17)27-6-2;/h9-10,14,18H,5-8,11-13,15-16H2,1-4H3,(H2,22,23,24);1H. The van der Waals surface area contributed by atoms with Crippen LogP contribution in [-0.2, 0) is 6.42 Å². The number of ether oxygens (including phenoxy) is 2. The number of guanidine groups is 1. The van der Waals surface area contributed by atoms with E-state index in [4.69, 9.17) is 14.5 Å². The SMILES string of the molecule is CCNC(=NCC1CCN(C)C1)NCCCc1ccc(OC)c(OCC)c1.I. The number of rotatable bonds is 10. The molecule has 1 atom stereocenters. The molecule has 7 heteroatoms. The third kappa shape index (κ3) is 8.43. The van der Waals surface area contributed by atoms with Crippen LogP contribution in [0.3, 0.4) is 0 Å². The van der Waals surface area contributed by atoms with E-state index >= 15 is 0 Å². The van der Waals surface area contributed by atoms with Gasteiger partial charge in [-0.2, -0.15) is 0 Å². The predicted molar refractivity (Wildman–Crippen MR) is 127 cm³/mol. The number of methoxy groups -OCH3 is 1. The molecule has 1 unspecified atom stereocenters. The van der Waals surface area contributed by atoms with E-state index in [1.807, 2.05) is 13.0 Å². The highest BCUT2D eigenvalue weighted by Crippen LogP contribution is 2.28. The first-order valence-electron chi connectivity index (χ1n) is 10.2. The van der Waals surface area contributed by atoms with Gasteiger partial charge in [0.2, 0.25) is 0 Å². The molecule has 1 heterocycles. The molecule has 2 N–H and O–H groups in total. The van der Waals surface area contributed by atoms with Gasteiger partial charge in [-0.25, -0.2) is 0 Å². The Labute approximate surface area is 187 Å². The highest BCUT2D eigenvalue weighted by Gasteiger charge is 2.18. The number of aryl methyl sites for hydroxylation is 1. The van der Waals surface area contributed by atoms with Crippen LogP contribution in [-0.4, -0.2) is 64.3 Å². The third-order valence-electron chi connectivity index (χ3n) is 4.80. The van der Waals surface area contributed by atoms with Crippen molar-refractivity contribution in [2.45, 2.75) is 33.1 Å². The van der Waals surface area contributed by atoms with E-state index < -0.39 is 0 Å². The molecule has 0 bridgehead atoms. The van der Waals surface area contributed by atoms with E-state index in [0.717, 1.165) is 56.5 Å². The lowest BCUT2D eigenvalue weighted by molar-refractivity contribution is 0.310. The molecule has 28 heavy (non-hydrogen) atoms. The van der Waals surface area contributed by atoms with Gasteiger partial charge in [0.25, 0.3) is 0 Å². The summed E-state index contributed by atoms with van der Waals surface area (Å²) < 4.78 is 11.0. The zero-order valence-corrected chi connectivity index (χ0v) is 20.1. The van der Waals surface area contributed by atoms with Crippen LogP contribution in [0.15, 0.2) is 23.2 Å². The van der Waals surface area contributed by atoms with Gasteiger partial charge in [-0.15, -0.1) is 24.0 Å². The quantitative estimate of drug-likeness (QED) is 0.222. The van der Waals surface area contributed by atoms with Crippen molar-refractivity contribution < 1.29 is 9.47 Å². The maximum absolute atomic E-state index is 5.66. The molecule has 0 radical (unpaired) electrons. The van der Waals surface area contributed by atoms with Crippen molar-refractivity contribution in [2.75, 3.05) is 53.5 Å². The summed E-state index contributed by atoms with van der Waals surface area (Å²) in [5.41, 5.74) is 1.26. The van der Waals surface area contributed by atoms with E-state index in [9.17, 15) is 0 Å². The fourth-order valence-corrected chi connectivity index (χ4v) is 3.38. The van der Waals surface area contributed by atoms with Gasteiger partial charge in [-0.3, -0.25) is 4.99 Å². The molecule has 1 fully saturated rings. The molecule has 2 rings (SSSR count). The van der Waals surface area contributed by atoms with Gasteiger partial charge >= 0.3 is 0 Å². The van der Waals surface area contributed by atoms with E-state index in [0.29, 0.717) is 12.5 Å². The van der Waals surface area contributed by atoms with Gasteiger partial charge in [-0.1, -0.05) is 6.07 Å². The van der Waals surface area contributed by atoms with Crippen LogP contribution in [0.4, 0.5) is 0 Å². The highest BCUT2D eigenvalue weighted by molar-refractivity contribution is 14.0. The van der Waals surface area contributed by atoms with Crippen LogP contribution in [0.5, 0.6) is 11.5 Å². The zero-order valence-electron chi connectivity index (χ0n) is 17.8. The number of benzene rings is 1. The normalized spacial score (nSPS) is 17.1. The van der Waals surface area contributed by atoms with E-state index in [-0.39, 0.29) is 24.0 Å². The topological polar surface area (TPSA) is 58.1 Å². The molecule has 0 saturated carbocycles. The Morgan fingerprint density at radius 2 is 2.07 bits per heavy atom. The van der Waals surface area contributed by atoms with Crippen molar-refractivity contribution >= 4 is 29.9 Å². The van der Waals surface area contributed by atoms with Crippen LogP contribution >= 0.6 is 24.0 Å². The van der Waals surface area contributed by atoms with Crippen molar-refractivity contribution in [3.8, 4) is 11.5 Å². The lowest BCUT2D eigenvalue weighted by atomic mass is 10.1. The first kappa shape index (κ1) is 24.8.